The summed E-state index contributed by atoms with van der Waals surface area (Å²) in [4.78, 5) is 0. The first-order chi connectivity index (χ1) is 9.54. The molecule has 0 unspecified atom stereocenters. The Morgan fingerprint density at radius 2 is 1.70 bits per heavy atom. The van der Waals surface area contributed by atoms with E-state index in [1.807, 2.05) is 6.07 Å². The standard InChI is InChI=1S/C17H20BrFO/c18-16-8-15(19)2-1-12(16)9-17(20)13-4-10-3-11(6-13)7-14(17)5-10/h1-2,8,10-11,13-14,20H,3-7,9H2. The maximum Gasteiger partial charge on any atom is 0.124 e. The molecule has 0 spiro atoms. The molecule has 4 aliphatic rings. The first-order valence-electron chi connectivity index (χ1n) is 7.71. The van der Waals surface area contributed by atoms with E-state index in [-0.39, 0.29) is 5.82 Å². The van der Waals surface area contributed by atoms with Crippen LogP contribution >= 0.6 is 15.9 Å². The molecule has 20 heavy (non-hydrogen) atoms. The van der Waals surface area contributed by atoms with Gasteiger partial charge in [-0.1, -0.05) is 22.0 Å². The highest BCUT2D eigenvalue weighted by molar-refractivity contribution is 9.10. The van der Waals surface area contributed by atoms with Crippen LogP contribution in [0.25, 0.3) is 0 Å². The van der Waals surface area contributed by atoms with Crippen molar-refractivity contribution in [2.24, 2.45) is 23.7 Å². The van der Waals surface area contributed by atoms with E-state index in [2.05, 4.69) is 15.9 Å². The van der Waals surface area contributed by atoms with E-state index >= 15 is 0 Å². The fourth-order valence-electron chi connectivity index (χ4n) is 5.26. The van der Waals surface area contributed by atoms with Gasteiger partial charge in [0.05, 0.1) is 5.60 Å². The number of benzene rings is 1. The predicted molar refractivity (Wildman–Crippen MR) is 79.8 cm³/mol. The van der Waals surface area contributed by atoms with E-state index in [0.29, 0.717) is 18.3 Å². The van der Waals surface area contributed by atoms with Crippen molar-refractivity contribution in [2.75, 3.05) is 0 Å². The van der Waals surface area contributed by atoms with Crippen molar-refractivity contribution in [3.63, 3.8) is 0 Å². The zero-order valence-corrected chi connectivity index (χ0v) is 13.1. The van der Waals surface area contributed by atoms with Crippen molar-refractivity contribution in [1.29, 1.82) is 0 Å². The number of hydrogen-bond donors (Lipinski definition) is 1. The minimum atomic E-state index is -0.562. The van der Waals surface area contributed by atoms with E-state index in [1.54, 1.807) is 0 Å². The molecule has 0 amide bonds. The van der Waals surface area contributed by atoms with Crippen molar-refractivity contribution in [3.05, 3.63) is 34.1 Å². The lowest BCUT2D eigenvalue weighted by Gasteiger charge is -2.59. The van der Waals surface area contributed by atoms with Crippen LogP contribution in [-0.2, 0) is 6.42 Å². The fraction of sp³-hybridized carbons (Fsp3) is 0.647. The van der Waals surface area contributed by atoms with Gasteiger partial charge in [0.2, 0.25) is 0 Å². The number of hydrogen-bond acceptors (Lipinski definition) is 1. The van der Waals surface area contributed by atoms with Gasteiger partial charge in [0.25, 0.3) is 0 Å². The predicted octanol–water partition coefficient (Wildman–Crippen LogP) is 4.32. The lowest BCUT2D eigenvalue weighted by molar-refractivity contribution is -0.171. The molecule has 3 heteroatoms. The second-order valence-corrected chi connectivity index (χ2v) is 8.06. The average Bonchev–Trinajstić information content (AvgIpc) is 2.39. The zero-order chi connectivity index (χ0) is 13.9. The number of aliphatic hydroxyl groups is 1. The van der Waals surface area contributed by atoms with Crippen LogP contribution in [0, 0.1) is 29.5 Å². The van der Waals surface area contributed by atoms with Crippen LogP contribution in [0.3, 0.4) is 0 Å². The maximum absolute atomic E-state index is 13.2. The van der Waals surface area contributed by atoms with Crippen molar-refractivity contribution in [3.8, 4) is 0 Å². The summed E-state index contributed by atoms with van der Waals surface area (Å²) >= 11 is 3.45. The zero-order valence-electron chi connectivity index (χ0n) is 11.5. The Morgan fingerprint density at radius 1 is 1.10 bits per heavy atom. The normalized spacial score (nSPS) is 42.1. The van der Waals surface area contributed by atoms with E-state index in [1.165, 1.54) is 44.2 Å². The molecule has 1 nitrogen and oxygen atoms in total. The largest absolute Gasteiger partial charge is 0.389 e. The molecule has 4 bridgehead atoms. The maximum atomic E-state index is 13.2. The van der Waals surface area contributed by atoms with Gasteiger partial charge in [0.1, 0.15) is 5.82 Å². The van der Waals surface area contributed by atoms with Crippen molar-refractivity contribution in [2.45, 2.75) is 44.1 Å². The van der Waals surface area contributed by atoms with Crippen molar-refractivity contribution in [1.82, 2.24) is 0 Å². The molecule has 1 aromatic rings. The Labute approximate surface area is 127 Å². The fourth-order valence-corrected chi connectivity index (χ4v) is 5.75. The minimum Gasteiger partial charge on any atom is -0.389 e. The Hall–Kier alpha value is -0.410. The first kappa shape index (κ1) is 13.3. The Kier molecular flexibility index (Phi) is 3.01. The van der Waals surface area contributed by atoms with Crippen LogP contribution < -0.4 is 0 Å². The third kappa shape index (κ3) is 1.97. The van der Waals surface area contributed by atoms with E-state index in [0.717, 1.165) is 21.9 Å². The summed E-state index contributed by atoms with van der Waals surface area (Å²) in [6, 6.07) is 4.83. The molecule has 0 aromatic heterocycles. The van der Waals surface area contributed by atoms with Gasteiger partial charge in [-0.25, -0.2) is 4.39 Å². The molecule has 4 aliphatic carbocycles. The molecule has 4 fully saturated rings. The van der Waals surface area contributed by atoms with Crippen molar-refractivity contribution >= 4 is 15.9 Å². The SMILES string of the molecule is OC1(Cc2ccc(F)cc2Br)C2CC3CC(C2)CC1C3. The molecule has 0 heterocycles. The summed E-state index contributed by atoms with van der Waals surface area (Å²) in [6.45, 7) is 0. The lowest BCUT2D eigenvalue weighted by atomic mass is 9.49. The van der Waals surface area contributed by atoms with E-state index in [9.17, 15) is 9.50 Å². The second kappa shape index (κ2) is 4.54. The summed E-state index contributed by atoms with van der Waals surface area (Å²) in [6.07, 6.45) is 6.85. The first-order valence-corrected chi connectivity index (χ1v) is 8.50. The summed E-state index contributed by atoms with van der Waals surface area (Å²) in [5.41, 5.74) is 0.481. The van der Waals surface area contributed by atoms with Crippen LogP contribution in [0.5, 0.6) is 0 Å². The molecular formula is C17H20BrFO. The number of rotatable bonds is 2. The second-order valence-electron chi connectivity index (χ2n) is 7.21. The van der Waals surface area contributed by atoms with E-state index in [4.69, 9.17) is 0 Å². The highest BCUT2D eigenvalue weighted by Gasteiger charge is 2.56. The van der Waals surface area contributed by atoms with Crippen LogP contribution in [0.15, 0.2) is 22.7 Å². The number of halogens is 2. The van der Waals surface area contributed by atoms with Crippen molar-refractivity contribution < 1.29 is 9.50 Å². The van der Waals surface area contributed by atoms with Crippen LogP contribution in [0.4, 0.5) is 4.39 Å². The quantitative estimate of drug-likeness (QED) is 0.851. The highest BCUT2D eigenvalue weighted by Crippen LogP contribution is 2.59. The van der Waals surface area contributed by atoms with Gasteiger partial charge in [-0.3, -0.25) is 0 Å². The van der Waals surface area contributed by atoms with Crippen LogP contribution in [0.1, 0.15) is 37.7 Å². The van der Waals surface area contributed by atoms with Gasteiger partial charge >= 0.3 is 0 Å². The van der Waals surface area contributed by atoms with Gasteiger partial charge in [-0.05, 0) is 73.5 Å². The lowest BCUT2D eigenvalue weighted by Crippen LogP contribution is -2.58. The Balaban J connectivity index is 1.64. The Morgan fingerprint density at radius 3 is 2.25 bits per heavy atom. The molecule has 1 N–H and O–H groups in total. The molecule has 0 aliphatic heterocycles. The van der Waals surface area contributed by atoms with Gasteiger partial charge in [0, 0.05) is 10.9 Å². The molecule has 1 aromatic carbocycles. The van der Waals surface area contributed by atoms with Crippen LogP contribution in [0.2, 0.25) is 0 Å². The molecule has 0 atom stereocenters. The molecule has 0 radical (unpaired) electrons. The van der Waals surface area contributed by atoms with E-state index < -0.39 is 5.60 Å². The topological polar surface area (TPSA) is 20.2 Å². The monoisotopic (exact) mass is 338 g/mol. The highest BCUT2D eigenvalue weighted by atomic mass is 79.9. The van der Waals surface area contributed by atoms with Gasteiger partial charge in [-0.2, -0.15) is 0 Å². The third-order valence-electron chi connectivity index (χ3n) is 6.04. The van der Waals surface area contributed by atoms with Gasteiger partial charge < -0.3 is 5.11 Å². The molecular weight excluding hydrogens is 319 g/mol. The molecule has 4 saturated carbocycles. The summed E-state index contributed by atoms with van der Waals surface area (Å²) in [5, 5.41) is 11.3. The molecule has 0 saturated heterocycles. The third-order valence-corrected chi connectivity index (χ3v) is 6.78. The van der Waals surface area contributed by atoms with Gasteiger partial charge in [0.15, 0.2) is 0 Å². The summed E-state index contributed by atoms with van der Waals surface area (Å²) in [5.74, 6) is 2.40. The average molecular weight is 339 g/mol. The van der Waals surface area contributed by atoms with Crippen LogP contribution in [-0.4, -0.2) is 10.7 Å². The summed E-state index contributed by atoms with van der Waals surface area (Å²) in [7, 11) is 0. The summed E-state index contributed by atoms with van der Waals surface area (Å²) < 4.78 is 14.0. The smallest absolute Gasteiger partial charge is 0.124 e. The van der Waals surface area contributed by atoms with Gasteiger partial charge in [-0.15, -0.1) is 0 Å². The minimum absolute atomic E-state index is 0.224. The molecule has 5 rings (SSSR count). The molecule has 108 valence electrons. The Bertz CT molecular complexity index is 514.